The monoisotopic (exact) mass is 420 g/mol. The van der Waals surface area contributed by atoms with E-state index in [-0.39, 0.29) is 12.2 Å². The van der Waals surface area contributed by atoms with Gasteiger partial charge in [0.05, 0.1) is 27.4 Å². The topological polar surface area (TPSA) is 99.3 Å². The van der Waals surface area contributed by atoms with Crippen molar-refractivity contribution in [3.05, 3.63) is 53.9 Å². The fourth-order valence-corrected chi connectivity index (χ4v) is 3.40. The van der Waals surface area contributed by atoms with E-state index in [0.717, 1.165) is 11.1 Å². The maximum atomic E-state index is 12.9. The van der Waals surface area contributed by atoms with Crippen LogP contribution in [0.3, 0.4) is 0 Å². The van der Waals surface area contributed by atoms with Crippen molar-refractivity contribution in [2.75, 3.05) is 21.3 Å². The van der Waals surface area contributed by atoms with Crippen LogP contribution in [0.2, 0.25) is 0 Å². The van der Waals surface area contributed by atoms with E-state index in [1.54, 1.807) is 23.7 Å². The quantitative estimate of drug-likeness (QED) is 0.523. The van der Waals surface area contributed by atoms with Gasteiger partial charge in [0.2, 0.25) is 5.75 Å². The molecule has 0 aliphatic rings. The van der Waals surface area contributed by atoms with E-state index in [9.17, 15) is 10.1 Å². The van der Waals surface area contributed by atoms with Crippen LogP contribution in [0.1, 0.15) is 23.7 Å². The van der Waals surface area contributed by atoms with Crippen molar-refractivity contribution in [2.24, 2.45) is 7.05 Å². The van der Waals surface area contributed by atoms with Crippen LogP contribution in [-0.4, -0.2) is 41.9 Å². The summed E-state index contributed by atoms with van der Waals surface area (Å²) in [6.07, 6.45) is 0.571. The second kappa shape index (κ2) is 9.76. The summed E-state index contributed by atoms with van der Waals surface area (Å²) in [5.41, 5.74) is 1.70. The first-order valence-electron chi connectivity index (χ1n) is 9.70. The Morgan fingerprint density at radius 3 is 2.26 bits per heavy atom. The third-order valence-corrected chi connectivity index (χ3v) is 5.03. The number of Topliss-reactive ketones (excluding diaryl/α,β-unsaturated/α-hetero) is 1. The average molecular weight is 420 g/mol. The number of hydrogen-bond acceptors (Lipinski definition) is 7. The number of hydrogen-bond donors (Lipinski definition) is 0. The molecular formula is C23H24N4O4. The van der Waals surface area contributed by atoms with Crippen LogP contribution in [-0.2, 0) is 18.3 Å². The van der Waals surface area contributed by atoms with Gasteiger partial charge in [-0.15, -0.1) is 10.2 Å². The van der Waals surface area contributed by atoms with Crippen molar-refractivity contribution in [3.63, 3.8) is 0 Å². The average Bonchev–Trinajstić information content (AvgIpc) is 3.18. The summed E-state index contributed by atoms with van der Waals surface area (Å²) in [5.74, 6) is 1.22. The lowest BCUT2D eigenvalue weighted by Crippen LogP contribution is -2.16. The van der Waals surface area contributed by atoms with Crippen LogP contribution in [0.4, 0.5) is 0 Å². The summed E-state index contributed by atoms with van der Waals surface area (Å²) >= 11 is 0. The van der Waals surface area contributed by atoms with Gasteiger partial charge in [-0.1, -0.05) is 30.3 Å². The van der Waals surface area contributed by atoms with Crippen molar-refractivity contribution in [2.45, 2.75) is 18.8 Å². The molecule has 3 aromatic rings. The van der Waals surface area contributed by atoms with E-state index in [2.05, 4.69) is 16.3 Å². The molecule has 3 rings (SSSR count). The van der Waals surface area contributed by atoms with E-state index < -0.39 is 5.92 Å². The highest BCUT2D eigenvalue weighted by atomic mass is 16.5. The molecule has 0 amide bonds. The first kappa shape index (κ1) is 21.8. The zero-order chi connectivity index (χ0) is 22.4. The Balaban J connectivity index is 1.79. The summed E-state index contributed by atoms with van der Waals surface area (Å²) in [5, 5.41) is 18.0. The van der Waals surface area contributed by atoms with Gasteiger partial charge in [0, 0.05) is 19.0 Å². The van der Waals surface area contributed by atoms with E-state index in [4.69, 9.17) is 14.2 Å². The van der Waals surface area contributed by atoms with Gasteiger partial charge in [0.15, 0.2) is 34.8 Å². The predicted molar refractivity (Wildman–Crippen MR) is 114 cm³/mol. The Bertz CT molecular complexity index is 1080. The SMILES string of the molecule is COc1cc(CCC(=O)C(C#N)c2nnc(-c3ccccc3)n2C)cc(OC)c1OC. The molecule has 1 aromatic heterocycles. The lowest BCUT2D eigenvalue weighted by Gasteiger charge is -2.14. The lowest BCUT2D eigenvalue weighted by molar-refractivity contribution is -0.119. The second-order valence-corrected chi connectivity index (χ2v) is 6.87. The number of nitrogens with zero attached hydrogens (tertiary/aromatic N) is 4. The highest BCUT2D eigenvalue weighted by Crippen LogP contribution is 2.38. The number of benzene rings is 2. The minimum atomic E-state index is -1.00. The fourth-order valence-electron chi connectivity index (χ4n) is 3.40. The molecular weight excluding hydrogens is 396 g/mol. The number of aromatic nitrogens is 3. The molecule has 0 saturated heterocycles. The number of ether oxygens (including phenoxy) is 3. The maximum absolute atomic E-state index is 12.9. The number of rotatable bonds is 9. The van der Waals surface area contributed by atoms with Crippen molar-refractivity contribution in [1.82, 2.24) is 14.8 Å². The number of carbonyl (C=O) groups excluding carboxylic acids is 1. The molecule has 0 aliphatic carbocycles. The Kier molecular flexibility index (Phi) is 6.88. The van der Waals surface area contributed by atoms with Gasteiger partial charge in [-0.05, 0) is 24.1 Å². The molecule has 0 N–H and O–H groups in total. The van der Waals surface area contributed by atoms with Crippen molar-refractivity contribution in [1.29, 1.82) is 5.26 Å². The van der Waals surface area contributed by atoms with Gasteiger partial charge >= 0.3 is 0 Å². The van der Waals surface area contributed by atoms with Gasteiger partial charge in [0.25, 0.3) is 0 Å². The van der Waals surface area contributed by atoms with Gasteiger partial charge in [0.1, 0.15) is 0 Å². The Labute approximate surface area is 181 Å². The number of nitriles is 1. The highest BCUT2D eigenvalue weighted by Gasteiger charge is 2.26. The molecule has 0 saturated carbocycles. The molecule has 160 valence electrons. The Hall–Kier alpha value is -3.86. The van der Waals surface area contributed by atoms with E-state index in [1.165, 1.54) is 21.3 Å². The fraction of sp³-hybridized carbons (Fsp3) is 0.304. The summed E-state index contributed by atoms with van der Waals surface area (Å²) in [6, 6.07) is 15.2. The van der Waals surface area contributed by atoms with Gasteiger partial charge in [-0.25, -0.2) is 0 Å². The number of methoxy groups -OCH3 is 3. The molecule has 8 nitrogen and oxygen atoms in total. The smallest absolute Gasteiger partial charge is 0.203 e. The normalized spacial score (nSPS) is 11.5. The van der Waals surface area contributed by atoms with Crippen LogP contribution in [0, 0.1) is 11.3 Å². The first-order valence-corrected chi connectivity index (χ1v) is 9.70. The molecule has 0 fully saturated rings. The summed E-state index contributed by atoms with van der Waals surface area (Å²) in [6.45, 7) is 0. The van der Waals surface area contributed by atoms with Gasteiger partial charge in [-0.3, -0.25) is 4.79 Å². The predicted octanol–water partition coefficient (Wildman–Crippen LogP) is 3.32. The summed E-state index contributed by atoms with van der Waals surface area (Å²) in [4.78, 5) is 12.9. The molecule has 0 bridgehead atoms. The highest BCUT2D eigenvalue weighted by molar-refractivity contribution is 5.88. The minimum Gasteiger partial charge on any atom is -0.493 e. The van der Waals surface area contributed by atoms with Crippen LogP contribution >= 0.6 is 0 Å². The molecule has 1 heterocycles. The van der Waals surface area contributed by atoms with Crippen LogP contribution in [0.25, 0.3) is 11.4 Å². The van der Waals surface area contributed by atoms with Crippen molar-refractivity contribution in [3.8, 4) is 34.7 Å². The van der Waals surface area contributed by atoms with E-state index in [0.29, 0.717) is 35.3 Å². The van der Waals surface area contributed by atoms with E-state index in [1.807, 2.05) is 30.3 Å². The number of carbonyl (C=O) groups is 1. The summed E-state index contributed by atoms with van der Waals surface area (Å²) in [7, 11) is 6.37. The summed E-state index contributed by atoms with van der Waals surface area (Å²) < 4.78 is 17.7. The second-order valence-electron chi connectivity index (χ2n) is 6.87. The lowest BCUT2D eigenvalue weighted by atomic mass is 9.98. The Morgan fingerprint density at radius 1 is 1.06 bits per heavy atom. The molecule has 1 unspecified atom stereocenters. The molecule has 1 atom stereocenters. The molecule has 2 aromatic carbocycles. The maximum Gasteiger partial charge on any atom is 0.203 e. The largest absolute Gasteiger partial charge is 0.493 e. The molecule has 0 spiro atoms. The van der Waals surface area contributed by atoms with Gasteiger partial charge in [-0.2, -0.15) is 5.26 Å². The Morgan fingerprint density at radius 2 is 1.71 bits per heavy atom. The minimum absolute atomic E-state index is 0.157. The van der Waals surface area contributed by atoms with Crippen molar-refractivity contribution >= 4 is 5.78 Å². The zero-order valence-electron chi connectivity index (χ0n) is 18.0. The van der Waals surface area contributed by atoms with Crippen LogP contribution in [0.5, 0.6) is 17.2 Å². The number of aryl methyl sites for hydroxylation is 1. The van der Waals surface area contributed by atoms with Gasteiger partial charge < -0.3 is 18.8 Å². The van der Waals surface area contributed by atoms with Crippen LogP contribution in [0.15, 0.2) is 42.5 Å². The molecule has 8 heteroatoms. The number of ketones is 1. The van der Waals surface area contributed by atoms with Crippen LogP contribution < -0.4 is 14.2 Å². The van der Waals surface area contributed by atoms with E-state index >= 15 is 0 Å². The zero-order valence-corrected chi connectivity index (χ0v) is 18.0. The third-order valence-electron chi connectivity index (χ3n) is 5.03. The standard InChI is InChI=1S/C23H24N4O4/c1-27-22(16-8-6-5-7-9-16)25-26-23(27)17(14-24)18(28)11-10-15-12-19(29-2)21(31-4)20(13-15)30-3/h5-9,12-13,17H,10-11H2,1-4H3. The molecule has 0 radical (unpaired) electrons. The van der Waals surface area contributed by atoms with Crippen molar-refractivity contribution < 1.29 is 19.0 Å². The molecule has 0 aliphatic heterocycles. The third kappa shape index (κ3) is 4.51. The first-order chi connectivity index (χ1) is 15.0. The molecule has 31 heavy (non-hydrogen) atoms.